The lowest BCUT2D eigenvalue weighted by Gasteiger charge is -2.29. The summed E-state index contributed by atoms with van der Waals surface area (Å²) in [7, 11) is 0. The number of thiocarbonyl (C=S) groups is 1. The Bertz CT molecular complexity index is 1440. The molecule has 0 bridgehead atoms. The van der Waals surface area contributed by atoms with Crippen LogP contribution in [0, 0.1) is 13.8 Å². The first-order valence-electron chi connectivity index (χ1n) is 12.2. The number of hydrogen-bond acceptors (Lipinski definition) is 3. The molecule has 2 aromatic heterocycles. The van der Waals surface area contributed by atoms with Gasteiger partial charge in [-0.1, -0.05) is 35.9 Å². The van der Waals surface area contributed by atoms with Gasteiger partial charge < -0.3 is 20.1 Å². The van der Waals surface area contributed by atoms with Crippen LogP contribution in [0.15, 0.2) is 85.2 Å². The van der Waals surface area contributed by atoms with Gasteiger partial charge in [0.25, 0.3) is 0 Å². The van der Waals surface area contributed by atoms with Crippen molar-refractivity contribution in [1.82, 2.24) is 19.8 Å². The van der Waals surface area contributed by atoms with Gasteiger partial charge in [-0.15, -0.1) is 0 Å². The zero-order valence-electron chi connectivity index (χ0n) is 20.7. The third kappa shape index (κ3) is 5.38. The molecular formula is C29H28ClN5OS. The fraction of sp³-hybridized carbons (Fsp3) is 0.207. The van der Waals surface area contributed by atoms with Crippen LogP contribution in [0.5, 0.6) is 0 Å². The Morgan fingerprint density at radius 1 is 1.08 bits per heavy atom. The number of aromatic nitrogens is 2. The molecule has 37 heavy (non-hydrogen) atoms. The average molecular weight is 530 g/mol. The molecule has 188 valence electrons. The molecule has 2 aromatic carbocycles. The highest BCUT2D eigenvalue weighted by Crippen LogP contribution is 2.39. The predicted octanol–water partition coefficient (Wildman–Crippen LogP) is 6.14. The molecule has 4 aromatic rings. The van der Waals surface area contributed by atoms with E-state index < -0.39 is 0 Å². The molecule has 8 heteroatoms. The molecule has 0 spiro atoms. The normalized spacial score (nSPS) is 17.1. The molecular weight excluding hydrogens is 502 g/mol. The largest absolute Gasteiger partial charge is 0.352 e. The van der Waals surface area contributed by atoms with E-state index in [1.165, 1.54) is 0 Å². The van der Waals surface area contributed by atoms with E-state index in [0.29, 0.717) is 23.1 Å². The summed E-state index contributed by atoms with van der Waals surface area (Å²) in [5.41, 5.74) is 5.84. The van der Waals surface area contributed by atoms with Crippen molar-refractivity contribution in [3.63, 3.8) is 0 Å². The van der Waals surface area contributed by atoms with Crippen molar-refractivity contribution in [3.05, 3.63) is 113 Å². The minimum absolute atomic E-state index is 0.0539. The number of carbonyl (C=O) groups is 1. The Morgan fingerprint density at radius 2 is 1.95 bits per heavy atom. The molecule has 2 atom stereocenters. The molecule has 1 amide bonds. The number of hydrogen-bond donors (Lipinski definition) is 2. The molecule has 1 aliphatic heterocycles. The molecule has 1 fully saturated rings. The van der Waals surface area contributed by atoms with E-state index in [0.717, 1.165) is 33.9 Å². The van der Waals surface area contributed by atoms with Gasteiger partial charge in [-0.2, -0.15) is 0 Å². The summed E-state index contributed by atoms with van der Waals surface area (Å²) in [6.07, 6.45) is 4.09. The Hall–Kier alpha value is -3.68. The van der Waals surface area contributed by atoms with Crippen LogP contribution in [-0.4, -0.2) is 32.0 Å². The highest BCUT2D eigenvalue weighted by Gasteiger charge is 2.41. The smallest absolute Gasteiger partial charge is 0.226 e. The summed E-state index contributed by atoms with van der Waals surface area (Å²) in [6, 6.07) is 23.4. The fourth-order valence-corrected chi connectivity index (χ4v) is 5.29. The van der Waals surface area contributed by atoms with E-state index in [1.807, 2.05) is 86.8 Å². The molecule has 0 aliphatic carbocycles. The SMILES string of the molecule is Cc1ccc(C)c(NC(=O)CCN2C(=S)N[C@@H](c3ccccn3)[C@H]2c2cccn2-c2cccc(Cl)c2)c1. The number of anilines is 1. The van der Waals surface area contributed by atoms with Crippen LogP contribution in [0.3, 0.4) is 0 Å². The quantitative estimate of drug-likeness (QED) is 0.281. The topological polar surface area (TPSA) is 62.2 Å². The second-order valence-corrected chi connectivity index (χ2v) is 10.0. The summed E-state index contributed by atoms with van der Waals surface area (Å²) in [5.74, 6) is -0.0539. The highest BCUT2D eigenvalue weighted by atomic mass is 35.5. The third-order valence-corrected chi connectivity index (χ3v) is 7.20. The minimum atomic E-state index is -0.177. The van der Waals surface area contributed by atoms with Gasteiger partial charge in [0.05, 0.1) is 17.8 Å². The lowest BCUT2D eigenvalue weighted by atomic mass is 10.0. The lowest BCUT2D eigenvalue weighted by molar-refractivity contribution is -0.116. The molecule has 2 N–H and O–H groups in total. The van der Waals surface area contributed by atoms with Crippen LogP contribution in [0.1, 0.15) is 41.0 Å². The predicted molar refractivity (Wildman–Crippen MR) is 152 cm³/mol. The van der Waals surface area contributed by atoms with Gasteiger partial charge in [0.15, 0.2) is 5.11 Å². The Kier molecular flexibility index (Phi) is 7.26. The summed E-state index contributed by atoms with van der Waals surface area (Å²) in [6.45, 7) is 4.46. The van der Waals surface area contributed by atoms with Crippen LogP contribution in [0.2, 0.25) is 5.02 Å². The van der Waals surface area contributed by atoms with Crippen molar-refractivity contribution in [2.45, 2.75) is 32.4 Å². The maximum Gasteiger partial charge on any atom is 0.226 e. The van der Waals surface area contributed by atoms with Crippen LogP contribution in [0.4, 0.5) is 5.69 Å². The van der Waals surface area contributed by atoms with Crippen molar-refractivity contribution < 1.29 is 4.79 Å². The first-order valence-corrected chi connectivity index (χ1v) is 13.0. The molecule has 3 heterocycles. The van der Waals surface area contributed by atoms with Crippen molar-refractivity contribution in [3.8, 4) is 5.69 Å². The number of nitrogens with zero attached hydrogens (tertiary/aromatic N) is 3. The number of halogens is 1. The summed E-state index contributed by atoms with van der Waals surface area (Å²) in [5, 5.41) is 7.79. The zero-order chi connectivity index (χ0) is 25.9. The van der Waals surface area contributed by atoms with Crippen molar-refractivity contribution in [1.29, 1.82) is 0 Å². The van der Waals surface area contributed by atoms with Gasteiger partial charge in [-0.25, -0.2) is 0 Å². The van der Waals surface area contributed by atoms with Gasteiger partial charge in [0, 0.05) is 47.5 Å². The average Bonchev–Trinajstić information content (AvgIpc) is 3.49. The third-order valence-electron chi connectivity index (χ3n) is 6.61. The lowest BCUT2D eigenvalue weighted by Crippen LogP contribution is -2.33. The first-order chi connectivity index (χ1) is 17.9. The van der Waals surface area contributed by atoms with E-state index in [-0.39, 0.29) is 18.0 Å². The Morgan fingerprint density at radius 3 is 2.73 bits per heavy atom. The maximum absolute atomic E-state index is 13.0. The van der Waals surface area contributed by atoms with E-state index in [9.17, 15) is 4.79 Å². The second-order valence-electron chi connectivity index (χ2n) is 9.22. The Labute approximate surface area is 227 Å². The van der Waals surface area contributed by atoms with Crippen LogP contribution < -0.4 is 10.6 Å². The van der Waals surface area contributed by atoms with Gasteiger partial charge >= 0.3 is 0 Å². The number of rotatable bonds is 7. The highest BCUT2D eigenvalue weighted by molar-refractivity contribution is 7.80. The Balaban J connectivity index is 1.44. The van der Waals surface area contributed by atoms with Crippen LogP contribution in [-0.2, 0) is 4.79 Å². The van der Waals surface area contributed by atoms with Gasteiger partial charge in [-0.05, 0) is 85.7 Å². The number of pyridine rings is 1. The van der Waals surface area contributed by atoms with Crippen molar-refractivity contribution in [2.24, 2.45) is 0 Å². The van der Waals surface area contributed by atoms with Crippen molar-refractivity contribution >= 4 is 40.5 Å². The molecule has 1 aliphatic rings. The maximum atomic E-state index is 13.0. The van der Waals surface area contributed by atoms with Crippen LogP contribution in [0.25, 0.3) is 5.69 Å². The summed E-state index contributed by atoms with van der Waals surface area (Å²) in [4.78, 5) is 19.7. The van der Waals surface area contributed by atoms with E-state index >= 15 is 0 Å². The number of aryl methyl sites for hydroxylation is 2. The molecule has 0 radical (unpaired) electrons. The monoisotopic (exact) mass is 529 g/mol. The standard InChI is InChI=1S/C29H28ClN5OS/c1-19-11-12-20(2)24(17-19)32-26(36)13-16-35-28(27(33-29(35)37)23-9-3-4-14-31-23)25-10-6-15-34(25)22-8-5-7-21(30)18-22/h3-12,14-15,17-18,27-28H,13,16H2,1-2H3,(H,32,36)(H,33,37)/t27-,28+/m0/s1. The second kappa shape index (κ2) is 10.7. The molecule has 1 saturated heterocycles. The van der Waals surface area contributed by atoms with Gasteiger partial charge in [0.1, 0.15) is 0 Å². The molecule has 6 nitrogen and oxygen atoms in total. The molecule has 5 rings (SSSR count). The first kappa shape index (κ1) is 25.0. The number of amides is 1. The van der Waals surface area contributed by atoms with Crippen LogP contribution >= 0.6 is 23.8 Å². The van der Waals surface area contributed by atoms with E-state index in [2.05, 4.69) is 31.2 Å². The van der Waals surface area contributed by atoms with Gasteiger partial charge in [0.2, 0.25) is 5.91 Å². The van der Waals surface area contributed by atoms with Gasteiger partial charge in [-0.3, -0.25) is 9.78 Å². The molecule has 0 unspecified atom stereocenters. The number of carbonyl (C=O) groups excluding carboxylic acids is 1. The number of benzene rings is 2. The minimum Gasteiger partial charge on any atom is -0.352 e. The summed E-state index contributed by atoms with van der Waals surface area (Å²) >= 11 is 12.1. The fourth-order valence-electron chi connectivity index (χ4n) is 4.77. The van der Waals surface area contributed by atoms with E-state index in [4.69, 9.17) is 23.8 Å². The number of nitrogens with one attached hydrogen (secondary N) is 2. The molecule has 0 saturated carbocycles. The van der Waals surface area contributed by atoms with Crippen molar-refractivity contribution in [2.75, 3.05) is 11.9 Å². The zero-order valence-corrected chi connectivity index (χ0v) is 22.3. The summed E-state index contributed by atoms with van der Waals surface area (Å²) < 4.78 is 2.12. The van der Waals surface area contributed by atoms with E-state index in [1.54, 1.807) is 6.20 Å².